The molecule has 4 heterocycles. The Morgan fingerprint density at radius 1 is 1.21 bits per heavy atom. The van der Waals surface area contributed by atoms with Crippen molar-refractivity contribution < 1.29 is 14.6 Å². The maximum Gasteiger partial charge on any atom is 0.250 e. The molecule has 2 N–H and O–H groups in total. The van der Waals surface area contributed by atoms with Crippen LogP contribution in [0.2, 0.25) is 0 Å². The van der Waals surface area contributed by atoms with E-state index in [1.54, 1.807) is 6.07 Å². The average Bonchev–Trinajstić information content (AvgIpc) is 3.21. The van der Waals surface area contributed by atoms with E-state index in [0.717, 1.165) is 51.1 Å². The third-order valence-corrected chi connectivity index (χ3v) is 7.60. The summed E-state index contributed by atoms with van der Waals surface area (Å²) in [7, 11) is 0. The van der Waals surface area contributed by atoms with Gasteiger partial charge in [0.15, 0.2) is 0 Å². The second-order valence-corrected chi connectivity index (χ2v) is 9.19. The number of rotatable bonds is 5. The third kappa shape index (κ3) is 3.33. The van der Waals surface area contributed by atoms with Gasteiger partial charge in [0.25, 0.3) is 5.56 Å². The first kappa shape index (κ1) is 19.3. The fourth-order valence-electron chi connectivity index (χ4n) is 5.83. The fraction of sp³-hybridized carbons (Fsp3) is 0.727. The molecule has 0 unspecified atom stereocenters. The molecule has 0 radical (unpaired) electrons. The van der Waals surface area contributed by atoms with E-state index in [4.69, 9.17) is 4.74 Å². The smallest absolute Gasteiger partial charge is 0.250 e. The number of amides is 1. The summed E-state index contributed by atoms with van der Waals surface area (Å²) in [5.74, 6) is 0.469. The lowest BCUT2D eigenvalue weighted by atomic mass is 9.87. The zero-order valence-corrected chi connectivity index (χ0v) is 16.8. The molecule has 1 saturated carbocycles. The van der Waals surface area contributed by atoms with Gasteiger partial charge in [0.1, 0.15) is 0 Å². The Morgan fingerprint density at radius 2 is 2.00 bits per heavy atom. The SMILES string of the molecule is O=C(NC1CCC1)[C@@H]1[C@@H](CO)[C@@H]2Cn3c(cccc3=O)[C@@H]2N1CC1CCOCC1. The Balaban J connectivity index is 1.48. The van der Waals surface area contributed by atoms with Gasteiger partial charge in [-0.05, 0) is 44.1 Å². The van der Waals surface area contributed by atoms with Gasteiger partial charge in [-0.15, -0.1) is 0 Å². The summed E-state index contributed by atoms with van der Waals surface area (Å²) in [4.78, 5) is 28.1. The summed E-state index contributed by atoms with van der Waals surface area (Å²) in [5.41, 5.74) is 1.00. The lowest BCUT2D eigenvalue weighted by Crippen LogP contribution is -2.53. The van der Waals surface area contributed by atoms with Crippen LogP contribution in [-0.4, -0.2) is 58.9 Å². The Kier molecular flexibility index (Phi) is 5.22. The van der Waals surface area contributed by atoms with Crippen LogP contribution in [0.4, 0.5) is 0 Å². The van der Waals surface area contributed by atoms with E-state index in [9.17, 15) is 14.7 Å². The molecule has 7 nitrogen and oxygen atoms in total. The van der Waals surface area contributed by atoms with E-state index in [1.807, 2.05) is 16.7 Å². The van der Waals surface area contributed by atoms with Gasteiger partial charge in [-0.2, -0.15) is 0 Å². The highest BCUT2D eigenvalue weighted by atomic mass is 16.5. The van der Waals surface area contributed by atoms with Crippen LogP contribution >= 0.6 is 0 Å². The highest BCUT2D eigenvalue weighted by Crippen LogP contribution is 2.49. The first-order valence-corrected chi connectivity index (χ1v) is 11.1. The molecule has 7 heteroatoms. The van der Waals surface area contributed by atoms with Crippen molar-refractivity contribution in [3.8, 4) is 0 Å². The van der Waals surface area contributed by atoms with Crippen LogP contribution in [0.5, 0.6) is 0 Å². The van der Waals surface area contributed by atoms with E-state index in [-0.39, 0.29) is 48.0 Å². The van der Waals surface area contributed by atoms with Gasteiger partial charge in [0.2, 0.25) is 5.91 Å². The van der Waals surface area contributed by atoms with Crippen molar-refractivity contribution in [1.29, 1.82) is 0 Å². The second-order valence-electron chi connectivity index (χ2n) is 9.19. The number of ether oxygens (including phenoxy) is 1. The zero-order chi connectivity index (χ0) is 20.0. The molecular formula is C22H31N3O4. The lowest BCUT2D eigenvalue weighted by molar-refractivity contribution is -0.129. The standard InChI is InChI=1S/C22H31N3O4/c26-13-17-16-12-24-18(5-2-6-19(24)27)20(16)25(11-14-7-9-29-10-8-14)21(17)22(28)23-15-3-1-4-15/h2,5-6,14-17,20-21,26H,1,3-4,7-13H2,(H,23,28)/t16-,17-,20+,21-/m0/s1. The quantitative estimate of drug-likeness (QED) is 0.766. The lowest BCUT2D eigenvalue weighted by Gasteiger charge is -2.36. The van der Waals surface area contributed by atoms with Crippen molar-refractivity contribution in [3.63, 3.8) is 0 Å². The normalized spacial score (nSPS) is 32.6. The van der Waals surface area contributed by atoms with Crippen molar-refractivity contribution in [3.05, 3.63) is 34.2 Å². The zero-order valence-electron chi connectivity index (χ0n) is 16.8. The highest BCUT2D eigenvalue weighted by molar-refractivity contribution is 5.83. The second kappa shape index (κ2) is 7.85. The van der Waals surface area contributed by atoms with Gasteiger partial charge in [-0.3, -0.25) is 14.5 Å². The Labute approximate surface area is 171 Å². The van der Waals surface area contributed by atoms with Crippen LogP contribution in [0.1, 0.15) is 43.8 Å². The van der Waals surface area contributed by atoms with Crippen molar-refractivity contribution >= 4 is 5.91 Å². The van der Waals surface area contributed by atoms with Gasteiger partial charge in [-0.1, -0.05) is 6.07 Å². The Morgan fingerprint density at radius 3 is 2.69 bits per heavy atom. The van der Waals surface area contributed by atoms with Crippen molar-refractivity contribution in [2.45, 2.75) is 56.8 Å². The molecular weight excluding hydrogens is 370 g/mol. The highest BCUT2D eigenvalue weighted by Gasteiger charge is 2.55. The largest absolute Gasteiger partial charge is 0.396 e. The van der Waals surface area contributed by atoms with Crippen molar-refractivity contribution in [1.82, 2.24) is 14.8 Å². The number of hydrogen-bond acceptors (Lipinski definition) is 5. The molecule has 4 aliphatic rings. The first-order valence-electron chi connectivity index (χ1n) is 11.1. The van der Waals surface area contributed by atoms with Gasteiger partial charge >= 0.3 is 0 Å². The number of nitrogens with zero attached hydrogens (tertiary/aromatic N) is 2. The monoisotopic (exact) mass is 401 g/mol. The summed E-state index contributed by atoms with van der Waals surface area (Å²) < 4.78 is 7.37. The molecule has 1 aliphatic carbocycles. The van der Waals surface area contributed by atoms with Crippen LogP contribution < -0.4 is 10.9 Å². The molecule has 29 heavy (non-hydrogen) atoms. The number of fused-ring (bicyclic) bond motifs is 3. The van der Waals surface area contributed by atoms with E-state index < -0.39 is 0 Å². The minimum Gasteiger partial charge on any atom is -0.396 e. The molecule has 5 rings (SSSR count). The number of nitrogens with one attached hydrogen (secondary N) is 1. The van der Waals surface area contributed by atoms with Gasteiger partial charge in [0.05, 0.1) is 12.1 Å². The Hall–Kier alpha value is -1.70. The summed E-state index contributed by atoms with van der Waals surface area (Å²) in [6, 6.07) is 5.40. The predicted octanol–water partition coefficient (Wildman–Crippen LogP) is 0.907. The van der Waals surface area contributed by atoms with Crippen LogP contribution in [0, 0.1) is 17.8 Å². The summed E-state index contributed by atoms with van der Waals surface area (Å²) >= 11 is 0. The number of carbonyl (C=O) groups is 1. The number of aliphatic hydroxyl groups excluding tert-OH is 1. The maximum atomic E-state index is 13.3. The number of hydrogen-bond donors (Lipinski definition) is 2. The van der Waals surface area contributed by atoms with E-state index in [0.29, 0.717) is 12.5 Å². The molecule has 2 saturated heterocycles. The van der Waals surface area contributed by atoms with E-state index in [1.165, 1.54) is 6.42 Å². The number of aliphatic hydroxyl groups is 1. The maximum absolute atomic E-state index is 13.3. The first-order chi connectivity index (χ1) is 14.2. The number of carbonyl (C=O) groups excluding carboxylic acids is 1. The average molecular weight is 402 g/mol. The predicted molar refractivity (Wildman–Crippen MR) is 107 cm³/mol. The van der Waals surface area contributed by atoms with Crippen LogP contribution in [-0.2, 0) is 16.1 Å². The molecule has 0 bridgehead atoms. The molecule has 1 aromatic rings. The van der Waals surface area contributed by atoms with E-state index >= 15 is 0 Å². The Bertz CT molecular complexity index is 815. The number of pyridine rings is 1. The third-order valence-electron chi connectivity index (χ3n) is 7.60. The molecule has 0 aromatic carbocycles. The molecule has 4 atom stereocenters. The minimum atomic E-state index is -0.331. The van der Waals surface area contributed by atoms with Crippen molar-refractivity contribution in [2.24, 2.45) is 17.8 Å². The molecule has 1 aromatic heterocycles. The summed E-state index contributed by atoms with van der Waals surface area (Å²) in [6.45, 7) is 2.90. The topological polar surface area (TPSA) is 83.8 Å². The van der Waals surface area contributed by atoms with Crippen LogP contribution in [0.15, 0.2) is 23.0 Å². The molecule has 3 fully saturated rings. The minimum absolute atomic E-state index is 0.00933. The number of likely N-dealkylation sites (tertiary alicyclic amines) is 1. The molecule has 3 aliphatic heterocycles. The number of aromatic nitrogens is 1. The summed E-state index contributed by atoms with van der Waals surface area (Å²) in [6.07, 6.45) is 5.26. The van der Waals surface area contributed by atoms with Gasteiger partial charge in [-0.25, -0.2) is 0 Å². The van der Waals surface area contributed by atoms with E-state index in [2.05, 4.69) is 10.2 Å². The van der Waals surface area contributed by atoms with Gasteiger partial charge in [0, 0.05) is 62.5 Å². The van der Waals surface area contributed by atoms with Crippen LogP contribution in [0.25, 0.3) is 0 Å². The van der Waals surface area contributed by atoms with Gasteiger partial charge < -0.3 is 19.7 Å². The molecule has 158 valence electrons. The molecule has 1 amide bonds. The van der Waals surface area contributed by atoms with Crippen LogP contribution in [0.3, 0.4) is 0 Å². The summed E-state index contributed by atoms with van der Waals surface area (Å²) in [5, 5.41) is 13.5. The fourth-order valence-corrected chi connectivity index (χ4v) is 5.83. The van der Waals surface area contributed by atoms with Crippen molar-refractivity contribution in [2.75, 3.05) is 26.4 Å². The molecule has 0 spiro atoms.